The fourth-order valence-electron chi connectivity index (χ4n) is 2.91. The number of rotatable bonds is 2. The molecule has 0 atom stereocenters. The molecule has 0 saturated heterocycles. The van der Waals surface area contributed by atoms with Crippen LogP contribution in [-0.4, -0.2) is 18.1 Å². The minimum Gasteiger partial charge on any atom is -0.356 e. The molecule has 0 unspecified atom stereocenters. The molecular formula is C17H19BrN2. The molecule has 0 N–H and O–H groups in total. The number of halogens is 1. The summed E-state index contributed by atoms with van der Waals surface area (Å²) in [4.78, 5) is 7.10. The molecule has 0 saturated carbocycles. The summed E-state index contributed by atoms with van der Waals surface area (Å²) in [5.74, 6) is 1.14. The molecule has 104 valence electrons. The Balaban J connectivity index is 1.83. The largest absolute Gasteiger partial charge is 0.356 e. The van der Waals surface area contributed by atoms with E-state index in [4.69, 9.17) is 0 Å². The second-order valence-corrected chi connectivity index (χ2v) is 5.93. The third-order valence-electron chi connectivity index (χ3n) is 3.98. The van der Waals surface area contributed by atoms with Crippen molar-refractivity contribution in [1.29, 1.82) is 0 Å². The molecule has 0 fully saturated rings. The van der Waals surface area contributed by atoms with Crippen LogP contribution in [0.5, 0.6) is 0 Å². The molecule has 0 aliphatic carbocycles. The molecule has 1 aliphatic heterocycles. The molecule has 3 heteroatoms. The maximum absolute atomic E-state index is 4.67. The van der Waals surface area contributed by atoms with E-state index in [9.17, 15) is 0 Å². The molecule has 1 aliphatic rings. The molecular weight excluding hydrogens is 312 g/mol. The lowest BCUT2D eigenvalue weighted by molar-refractivity contribution is 0.786. The number of hydrogen-bond acceptors (Lipinski definition) is 2. The molecule has 2 nitrogen and oxygen atoms in total. The molecule has 2 aromatic rings. The fraction of sp³-hybridized carbons (Fsp3) is 0.353. The monoisotopic (exact) mass is 330 g/mol. The van der Waals surface area contributed by atoms with Crippen LogP contribution in [0, 0.1) is 6.92 Å². The van der Waals surface area contributed by atoms with Crippen LogP contribution in [0.4, 0.5) is 5.82 Å². The van der Waals surface area contributed by atoms with Gasteiger partial charge in [0.15, 0.2) is 0 Å². The van der Waals surface area contributed by atoms with Gasteiger partial charge in [-0.05, 0) is 42.0 Å². The molecule has 20 heavy (non-hydrogen) atoms. The van der Waals surface area contributed by atoms with Crippen molar-refractivity contribution in [2.75, 3.05) is 18.0 Å². The van der Waals surface area contributed by atoms with Crippen molar-refractivity contribution in [2.24, 2.45) is 0 Å². The number of benzene rings is 1. The Bertz CT molecular complexity index is 583. The van der Waals surface area contributed by atoms with E-state index in [2.05, 4.69) is 63.1 Å². The number of anilines is 1. The zero-order valence-electron chi connectivity index (χ0n) is 11.8. The first-order valence-corrected chi connectivity index (χ1v) is 8.23. The first-order chi connectivity index (χ1) is 9.78. The first kappa shape index (κ1) is 13.6. The molecule has 0 radical (unpaired) electrons. The summed E-state index contributed by atoms with van der Waals surface area (Å²) in [5, 5.41) is 0.868. The van der Waals surface area contributed by atoms with Gasteiger partial charge in [-0.1, -0.05) is 46.3 Å². The van der Waals surface area contributed by atoms with Crippen molar-refractivity contribution in [3.63, 3.8) is 0 Å². The van der Waals surface area contributed by atoms with E-state index in [0.717, 1.165) is 37.1 Å². The SMILES string of the molecule is Cc1cc(CBr)cnc1N1CCc2ccccc2CC1. The highest BCUT2D eigenvalue weighted by molar-refractivity contribution is 9.08. The normalized spacial score (nSPS) is 14.8. The minimum absolute atomic E-state index is 0.868. The van der Waals surface area contributed by atoms with Gasteiger partial charge in [-0.15, -0.1) is 0 Å². The van der Waals surface area contributed by atoms with E-state index in [1.54, 1.807) is 0 Å². The third kappa shape index (κ3) is 2.73. The highest BCUT2D eigenvalue weighted by atomic mass is 79.9. The smallest absolute Gasteiger partial charge is 0.131 e. The summed E-state index contributed by atoms with van der Waals surface area (Å²) in [5.41, 5.74) is 5.49. The van der Waals surface area contributed by atoms with Gasteiger partial charge < -0.3 is 4.90 Å². The molecule has 1 aromatic carbocycles. The number of hydrogen-bond donors (Lipinski definition) is 0. The summed E-state index contributed by atoms with van der Waals surface area (Å²) < 4.78 is 0. The standard InChI is InChI=1S/C17H19BrN2/c1-13-10-14(11-18)12-19-17(13)20-8-6-15-4-2-3-5-16(15)7-9-20/h2-5,10,12H,6-9,11H2,1H3. The van der Waals surface area contributed by atoms with Crippen molar-refractivity contribution in [1.82, 2.24) is 4.98 Å². The Morgan fingerprint density at radius 3 is 2.35 bits per heavy atom. The minimum atomic E-state index is 0.868. The summed E-state index contributed by atoms with van der Waals surface area (Å²) in [6.45, 7) is 4.27. The molecule has 0 amide bonds. The number of aromatic nitrogens is 1. The van der Waals surface area contributed by atoms with Crippen LogP contribution >= 0.6 is 15.9 Å². The maximum Gasteiger partial charge on any atom is 0.131 e. The van der Waals surface area contributed by atoms with E-state index in [1.165, 1.54) is 22.3 Å². The van der Waals surface area contributed by atoms with Crippen LogP contribution in [0.1, 0.15) is 22.3 Å². The average Bonchev–Trinajstić information content (AvgIpc) is 2.70. The quantitative estimate of drug-likeness (QED) is 0.776. The van der Waals surface area contributed by atoms with Crippen molar-refractivity contribution in [3.05, 3.63) is 58.8 Å². The molecule has 1 aromatic heterocycles. The van der Waals surface area contributed by atoms with Gasteiger partial charge >= 0.3 is 0 Å². The molecule has 2 heterocycles. The molecule has 3 rings (SSSR count). The van der Waals surface area contributed by atoms with E-state index < -0.39 is 0 Å². The van der Waals surface area contributed by atoms with Gasteiger partial charge in [0.05, 0.1) is 0 Å². The van der Waals surface area contributed by atoms with Crippen LogP contribution in [0.25, 0.3) is 0 Å². The summed E-state index contributed by atoms with van der Waals surface area (Å²) in [7, 11) is 0. The van der Waals surface area contributed by atoms with Crippen LogP contribution < -0.4 is 4.90 Å². The maximum atomic E-state index is 4.67. The number of alkyl halides is 1. The van der Waals surface area contributed by atoms with Crippen LogP contribution in [0.3, 0.4) is 0 Å². The highest BCUT2D eigenvalue weighted by Gasteiger charge is 2.16. The van der Waals surface area contributed by atoms with Crippen LogP contribution in [-0.2, 0) is 18.2 Å². The number of nitrogens with zero attached hydrogens (tertiary/aromatic N) is 2. The number of fused-ring (bicyclic) bond motifs is 1. The lowest BCUT2D eigenvalue weighted by atomic mass is 10.0. The van der Waals surface area contributed by atoms with Crippen LogP contribution in [0.15, 0.2) is 36.5 Å². The lowest BCUT2D eigenvalue weighted by Crippen LogP contribution is -2.27. The topological polar surface area (TPSA) is 16.1 Å². The summed E-state index contributed by atoms with van der Waals surface area (Å²) >= 11 is 3.49. The van der Waals surface area contributed by atoms with Gasteiger partial charge in [-0.2, -0.15) is 0 Å². The second-order valence-electron chi connectivity index (χ2n) is 5.37. The molecule has 0 spiro atoms. The lowest BCUT2D eigenvalue weighted by Gasteiger charge is -2.23. The zero-order chi connectivity index (χ0) is 13.9. The fourth-order valence-corrected chi connectivity index (χ4v) is 3.22. The van der Waals surface area contributed by atoms with Crippen LogP contribution in [0.2, 0.25) is 0 Å². The third-order valence-corrected chi connectivity index (χ3v) is 4.63. The van der Waals surface area contributed by atoms with E-state index in [1.807, 2.05) is 6.20 Å². The van der Waals surface area contributed by atoms with Gasteiger partial charge in [-0.25, -0.2) is 4.98 Å². The highest BCUT2D eigenvalue weighted by Crippen LogP contribution is 2.23. The van der Waals surface area contributed by atoms with Crippen molar-refractivity contribution in [2.45, 2.75) is 25.1 Å². The zero-order valence-corrected chi connectivity index (χ0v) is 13.4. The van der Waals surface area contributed by atoms with Gasteiger partial charge in [0.2, 0.25) is 0 Å². The summed E-state index contributed by atoms with van der Waals surface area (Å²) in [6.07, 6.45) is 4.20. The number of aryl methyl sites for hydroxylation is 1. The second kappa shape index (κ2) is 5.96. The Hall–Kier alpha value is -1.35. The Morgan fingerprint density at radius 1 is 1.15 bits per heavy atom. The predicted octanol–water partition coefficient (Wildman–Crippen LogP) is 3.89. The Morgan fingerprint density at radius 2 is 1.80 bits per heavy atom. The Labute approximate surface area is 129 Å². The molecule has 0 bridgehead atoms. The number of pyridine rings is 1. The van der Waals surface area contributed by atoms with E-state index in [0.29, 0.717) is 0 Å². The summed E-state index contributed by atoms with van der Waals surface area (Å²) in [6, 6.07) is 11.0. The predicted molar refractivity (Wildman–Crippen MR) is 87.7 cm³/mol. The van der Waals surface area contributed by atoms with Crippen molar-refractivity contribution < 1.29 is 0 Å². The van der Waals surface area contributed by atoms with Gasteiger partial charge in [-0.3, -0.25) is 0 Å². The van der Waals surface area contributed by atoms with Gasteiger partial charge in [0.25, 0.3) is 0 Å². The Kier molecular flexibility index (Phi) is 4.06. The van der Waals surface area contributed by atoms with Gasteiger partial charge in [0.1, 0.15) is 5.82 Å². The first-order valence-electron chi connectivity index (χ1n) is 7.11. The van der Waals surface area contributed by atoms with Crippen molar-refractivity contribution >= 4 is 21.7 Å². The van der Waals surface area contributed by atoms with Crippen molar-refractivity contribution in [3.8, 4) is 0 Å². The van der Waals surface area contributed by atoms with E-state index >= 15 is 0 Å². The van der Waals surface area contributed by atoms with E-state index in [-0.39, 0.29) is 0 Å². The average molecular weight is 331 g/mol. The van der Waals surface area contributed by atoms with Gasteiger partial charge in [0, 0.05) is 24.6 Å².